The van der Waals surface area contributed by atoms with E-state index in [-0.39, 0.29) is 18.6 Å². The maximum Gasteiger partial charge on any atom is 0.315 e. The van der Waals surface area contributed by atoms with E-state index in [2.05, 4.69) is 15.7 Å². The predicted molar refractivity (Wildman–Crippen MR) is 94.0 cm³/mol. The molecule has 2 amide bonds. The number of hydrogen-bond acceptors (Lipinski definition) is 3. The molecule has 3 N–H and O–H groups in total. The van der Waals surface area contributed by atoms with E-state index in [1.165, 1.54) is 0 Å². The molecule has 1 heterocycles. The van der Waals surface area contributed by atoms with Gasteiger partial charge in [-0.25, -0.2) is 9.48 Å². The number of hydrogen-bond donors (Lipinski definition) is 3. The van der Waals surface area contributed by atoms with Crippen molar-refractivity contribution in [2.24, 2.45) is 0 Å². The molecule has 2 aromatic rings. The second-order valence-electron chi connectivity index (χ2n) is 6.03. The predicted octanol–water partition coefficient (Wildman–Crippen LogP) is 2.78. The molecule has 0 saturated carbocycles. The second kappa shape index (κ2) is 7.97. The van der Waals surface area contributed by atoms with Crippen LogP contribution in [0.1, 0.15) is 45.2 Å². The summed E-state index contributed by atoms with van der Waals surface area (Å²) in [5.74, 6) is 0. The van der Waals surface area contributed by atoms with Crippen LogP contribution in [0.5, 0.6) is 0 Å². The number of amides is 2. The van der Waals surface area contributed by atoms with Crippen LogP contribution in [0.4, 0.5) is 4.79 Å². The SMILES string of the molecule is CCC(O)(CC)CNC(=O)NC(C)c1cccc(-n2cccn2)c1. The van der Waals surface area contributed by atoms with Gasteiger partial charge in [0.05, 0.1) is 17.3 Å². The number of carbonyl (C=O) groups excluding carboxylic acids is 1. The molecule has 0 aliphatic heterocycles. The molecule has 0 aliphatic rings. The lowest BCUT2D eigenvalue weighted by atomic mass is 9.98. The zero-order chi connectivity index (χ0) is 17.6. The molecular formula is C18H26N4O2. The van der Waals surface area contributed by atoms with E-state index in [1.807, 2.05) is 57.3 Å². The highest BCUT2D eigenvalue weighted by Crippen LogP contribution is 2.17. The summed E-state index contributed by atoms with van der Waals surface area (Å²) < 4.78 is 1.78. The van der Waals surface area contributed by atoms with Crippen LogP contribution < -0.4 is 10.6 Å². The topological polar surface area (TPSA) is 79.2 Å². The first kappa shape index (κ1) is 18.0. The van der Waals surface area contributed by atoms with Crippen LogP contribution in [-0.4, -0.2) is 33.1 Å². The Balaban J connectivity index is 1.96. The first-order chi connectivity index (χ1) is 11.5. The van der Waals surface area contributed by atoms with Gasteiger partial charge in [0.25, 0.3) is 0 Å². The van der Waals surface area contributed by atoms with Crippen molar-refractivity contribution in [3.63, 3.8) is 0 Å². The monoisotopic (exact) mass is 330 g/mol. The quantitative estimate of drug-likeness (QED) is 0.730. The van der Waals surface area contributed by atoms with Gasteiger partial charge in [0.2, 0.25) is 0 Å². The minimum atomic E-state index is -0.847. The van der Waals surface area contributed by atoms with Gasteiger partial charge < -0.3 is 15.7 Å². The molecule has 2 rings (SSSR count). The Morgan fingerprint density at radius 3 is 2.71 bits per heavy atom. The summed E-state index contributed by atoms with van der Waals surface area (Å²) in [6.45, 7) is 5.98. The average Bonchev–Trinajstić information content (AvgIpc) is 3.14. The van der Waals surface area contributed by atoms with Crippen LogP contribution in [0, 0.1) is 0 Å². The van der Waals surface area contributed by atoms with Crippen LogP contribution in [0.25, 0.3) is 5.69 Å². The third-order valence-corrected chi connectivity index (χ3v) is 4.38. The van der Waals surface area contributed by atoms with Gasteiger partial charge in [-0.05, 0) is 43.5 Å². The van der Waals surface area contributed by atoms with Crippen LogP contribution in [0.15, 0.2) is 42.7 Å². The Labute approximate surface area is 142 Å². The van der Waals surface area contributed by atoms with Crippen molar-refractivity contribution in [1.82, 2.24) is 20.4 Å². The van der Waals surface area contributed by atoms with Crippen molar-refractivity contribution < 1.29 is 9.90 Å². The Hall–Kier alpha value is -2.34. The summed E-state index contributed by atoms with van der Waals surface area (Å²) in [6, 6.07) is 9.29. The van der Waals surface area contributed by atoms with Crippen molar-refractivity contribution in [2.75, 3.05) is 6.54 Å². The number of carbonyl (C=O) groups is 1. The molecule has 1 atom stereocenters. The fourth-order valence-corrected chi connectivity index (χ4v) is 2.43. The largest absolute Gasteiger partial charge is 0.388 e. The van der Waals surface area contributed by atoms with Gasteiger partial charge in [-0.3, -0.25) is 0 Å². The van der Waals surface area contributed by atoms with Crippen LogP contribution in [0.3, 0.4) is 0 Å². The molecular weight excluding hydrogens is 304 g/mol. The van der Waals surface area contributed by atoms with E-state index >= 15 is 0 Å². The second-order valence-corrected chi connectivity index (χ2v) is 6.03. The third-order valence-electron chi connectivity index (χ3n) is 4.38. The lowest BCUT2D eigenvalue weighted by Gasteiger charge is -2.26. The number of benzene rings is 1. The van der Waals surface area contributed by atoms with Crippen molar-refractivity contribution in [1.29, 1.82) is 0 Å². The van der Waals surface area contributed by atoms with Gasteiger partial charge in [-0.1, -0.05) is 26.0 Å². The molecule has 1 aromatic carbocycles. The first-order valence-corrected chi connectivity index (χ1v) is 8.34. The molecule has 0 aliphatic carbocycles. The Bertz CT molecular complexity index is 651. The third kappa shape index (κ3) is 4.58. The van der Waals surface area contributed by atoms with E-state index < -0.39 is 5.60 Å². The van der Waals surface area contributed by atoms with Crippen molar-refractivity contribution in [3.05, 3.63) is 48.3 Å². The molecule has 0 fully saturated rings. The van der Waals surface area contributed by atoms with E-state index in [4.69, 9.17) is 0 Å². The minimum absolute atomic E-state index is 0.156. The smallest absolute Gasteiger partial charge is 0.315 e. The normalized spacial score (nSPS) is 12.7. The number of nitrogens with one attached hydrogen (secondary N) is 2. The molecule has 1 aromatic heterocycles. The summed E-state index contributed by atoms with van der Waals surface area (Å²) in [6.07, 6.45) is 4.81. The highest BCUT2D eigenvalue weighted by molar-refractivity contribution is 5.74. The standard InChI is InChI=1S/C18H26N4O2/c1-4-18(24,5-2)13-19-17(23)21-14(3)15-8-6-9-16(12-15)22-11-7-10-20-22/h6-12,14,24H,4-5,13H2,1-3H3,(H2,19,21,23). The van der Waals surface area contributed by atoms with Crippen LogP contribution >= 0.6 is 0 Å². The number of rotatable bonds is 7. The summed E-state index contributed by atoms with van der Waals surface area (Å²) in [7, 11) is 0. The van der Waals surface area contributed by atoms with Crippen molar-refractivity contribution >= 4 is 6.03 Å². The summed E-state index contributed by atoms with van der Waals surface area (Å²) >= 11 is 0. The Kier molecular flexibility index (Phi) is 5.98. The molecule has 130 valence electrons. The molecule has 1 unspecified atom stereocenters. The fraction of sp³-hybridized carbons (Fsp3) is 0.444. The van der Waals surface area contributed by atoms with Crippen LogP contribution in [-0.2, 0) is 0 Å². The maximum absolute atomic E-state index is 12.1. The van der Waals surface area contributed by atoms with E-state index in [0.717, 1.165) is 11.3 Å². The van der Waals surface area contributed by atoms with E-state index in [9.17, 15) is 9.90 Å². The summed E-state index contributed by atoms with van der Waals surface area (Å²) in [5.41, 5.74) is 1.08. The average molecular weight is 330 g/mol. The molecule has 24 heavy (non-hydrogen) atoms. The molecule has 0 saturated heterocycles. The lowest BCUT2D eigenvalue weighted by molar-refractivity contribution is 0.0349. The van der Waals surface area contributed by atoms with Gasteiger partial charge in [-0.15, -0.1) is 0 Å². The highest BCUT2D eigenvalue weighted by Gasteiger charge is 2.23. The van der Waals surface area contributed by atoms with Gasteiger partial charge >= 0.3 is 6.03 Å². The molecule has 6 nitrogen and oxygen atoms in total. The Morgan fingerprint density at radius 1 is 1.33 bits per heavy atom. The van der Waals surface area contributed by atoms with E-state index in [0.29, 0.717) is 12.8 Å². The number of nitrogens with zero attached hydrogens (tertiary/aromatic N) is 2. The van der Waals surface area contributed by atoms with Gasteiger partial charge in [0, 0.05) is 18.9 Å². The molecule has 0 bridgehead atoms. The van der Waals surface area contributed by atoms with Crippen molar-refractivity contribution in [3.8, 4) is 5.69 Å². The van der Waals surface area contributed by atoms with Gasteiger partial charge in [0.1, 0.15) is 0 Å². The van der Waals surface area contributed by atoms with Gasteiger partial charge in [-0.2, -0.15) is 5.10 Å². The summed E-state index contributed by atoms with van der Waals surface area (Å²) in [5, 5.41) is 20.1. The lowest BCUT2D eigenvalue weighted by Crippen LogP contribution is -2.46. The maximum atomic E-state index is 12.1. The van der Waals surface area contributed by atoms with Crippen LogP contribution in [0.2, 0.25) is 0 Å². The number of aromatic nitrogens is 2. The molecule has 0 spiro atoms. The molecule has 0 radical (unpaired) electrons. The number of aliphatic hydroxyl groups is 1. The minimum Gasteiger partial charge on any atom is -0.388 e. The zero-order valence-corrected chi connectivity index (χ0v) is 14.5. The van der Waals surface area contributed by atoms with Crippen molar-refractivity contribution in [2.45, 2.75) is 45.3 Å². The first-order valence-electron chi connectivity index (χ1n) is 8.34. The zero-order valence-electron chi connectivity index (χ0n) is 14.5. The Morgan fingerprint density at radius 2 is 2.08 bits per heavy atom. The number of urea groups is 1. The molecule has 6 heteroatoms. The fourth-order valence-electron chi connectivity index (χ4n) is 2.43. The van der Waals surface area contributed by atoms with Gasteiger partial charge in [0.15, 0.2) is 0 Å². The highest BCUT2D eigenvalue weighted by atomic mass is 16.3. The summed E-state index contributed by atoms with van der Waals surface area (Å²) in [4.78, 5) is 12.1. The van der Waals surface area contributed by atoms with E-state index in [1.54, 1.807) is 10.9 Å².